The summed E-state index contributed by atoms with van der Waals surface area (Å²) in [7, 11) is 0. The Morgan fingerprint density at radius 3 is 2.82 bits per heavy atom. The summed E-state index contributed by atoms with van der Waals surface area (Å²) in [4.78, 5) is 0. The monoisotopic (exact) mass is 149 g/mol. The van der Waals surface area contributed by atoms with Crippen molar-refractivity contribution in [2.24, 2.45) is 0 Å². The molecule has 0 bridgehead atoms. The SMILES string of the molecule is Cc1cnnc2c(C)onc12. The number of hydrogen-bond donors (Lipinski definition) is 0. The number of nitrogens with zero attached hydrogens (tertiary/aromatic N) is 3. The van der Waals surface area contributed by atoms with E-state index in [-0.39, 0.29) is 0 Å². The smallest absolute Gasteiger partial charge is 0.161 e. The molecule has 2 aromatic heterocycles. The van der Waals surface area contributed by atoms with Gasteiger partial charge in [0.05, 0.1) is 6.20 Å². The van der Waals surface area contributed by atoms with E-state index >= 15 is 0 Å². The lowest BCUT2D eigenvalue weighted by atomic mass is 10.3. The molecule has 0 N–H and O–H groups in total. The van der Waals surface area contributed by atoms with Crippen LogP contribution in [0, 0.1) is 13.8 Å². The first kappa shape index (κ1) is 6.27. The van der Waals surface area contributed by atoms with Gasteiger partial charge in [-0.05, 0) is 13.8 Å². The molecule has 0 radical (unpaired) electrons. The molecule has 2 heterocycles. The summed E-state index contributed by atoms with van der Waals surface area (Å²) in [5, 5.41) is 11.5. The molecule has 0 aliphatic heterocycles. The molecule has 56 valence electrons. The van der Waals surface area contributed by atoms with Gasteiger partial charge in [0.1, 0.15) is 5.52 Å². The third-order valence-electron chi connectivity index (χ3n) is 1.61. The molecule has 0 atom stereocenters. The summed E-state index contributed by atoms with van der Waals surface area (Å²) < 4.78 is 4.94. The predicted octanol–water partition coefficient (Wildman–Crippen LogP) is 1.23. The molecule has 0 aromatic carbocycles. The van der Waals surface area contributed by atoms with Gasteiger partial charge < -0.3 is 4.52 Å². The standard InChI is InChI=1S/C7H7N3O/c1-4-3-8-9-7-5(2)11-10-6(4)7/h3H,1-2H3. The van der Waals surface area contributed by atoms with E-state index in [1.807, 2.05) is 13.8 Å². The molecule has 4 heteroatoms. The zero-order chi connectivity index (χ0) is 7.84. The van der Waals surface area contributed by atoms with Crippen molar-refractivity contribution in [2.75, 3.05) is 0 Å². The molecule has 0 amide bonds. The zero-order valence-electron chi connectivity index (χ0n) is 6.33. The average molecular weight is 149 g/mol. The zero-order valence-corrected chi connectivity index (χ0v) is 6.33. The van der Waals surface area contributed by atoms with E-state index in [4.69, 9.17) is 4.52 Å². The second-order valence-electron chi connectivity index (χ2n) is 2.46. The van der Waals surface area contributed by atoms with Gasteiger partial charge >= 0.3 is 0 Å². The van der Waals surface area contributed by atoms with Crippen LogP contribution in [0.2, 0.25) is 0 Å². The first-order chi connectivity index (χ1) is 5.29. The van der Waals surface area contributed by atoms with Crippen LogP contribution in [0.3, 0.4) is 0 Å². The molecule has 0 unspecified atom stereocenters. The normalized spacial score (nSPS) is 10.7. The van der Waals surface area contributed by atoms with Crippen LogP contribution in [0.4, 0.5) is 0 Å². The number of aromatic nitrogens is 3. The maximum atomic E-state index is 4.94. The van der Waals surface area contributed by atoms with Gasteiger partial charge in [-0.1, -0.05) is 5.16 Å². The second kappa shape index (κ2) is 2.02. The Bertz CT molecular complexity index is 393. The predicted molar refractivity (Wildman–Crippen MR) is 39.1 cm³/mol. The van der Waals surface area contributed by atoms with Gasteiger partial charge in [0.25, 0.3) is 0 Å². The van der Waals surface area contributed by atoms with E-state index in [1.165, 1.54) is 0 Å². The number of fused-ring (bicyclic) bond motifs is 1. The van der Waals surface area contributed by atoms with Gasteiger partial charge in [-0.3, -0.25) is 0 Å². The van der Waals surface area contributed by atoms with Gasteiger partial charge in [0.2, 0.25) is 0 Å². The third kappa shape index (κ3) is 0.790. The fourth-order valence-corrected chi connectivity index (χ4v) is 0.978. The Morgan fingerprint density at radius 2 is 2.09 bits per heavy atom. The molecule has 0 saturated carbocycles. The minimum absolute atomic E-state index is 0.719. The molecule has 0 aliphatic carbocycles. The van der Waals surface area contributed by atoms with Crippen molar-refractivity contribution in [1.82, 2.24) is 15.4 Å². The Labute approximate surface area is 63.2 Å². The van der Waals surface area contributed by atoms with Gasteiger partial charge in [-0.15, -0.1) is 5.10 Å². The van der Waals surface area contributed by atoms with E-state index in [0.717, 1.165) is 22.4 Å². The summed E-state index contributed by atoms with van der Waals surface area (Å²) in [6.07, 6.45) is 1.67. The maximum Gasteiger partial charge on any atom is 0.161 e. The summed E-state index contributed by atoms with van der Waals surface area (Å²) in [6, 6.07) is 0. The van der Waals surface area contributed by atoms with Gasteiger partial charge in [-0.2, -0.15) is 5.10 Å². The van der Waals surface area contributed by atoms with Crippen LogP contribution in [-0.2, 0) is 0 Å². The Hall–Kier alpha value is -1.45. The highest BCUT2D eigenvalue weighted by Gasteiger charge is 2.06. The van der Waals surface area contributed by atoms with Crippen molar-refractivity contribution in [3.05, 3.63) is 17.5 Å². The summed E-state index contributed by atoms with van der Waals surface area (Å²) in [6.45, 7) is 3.75. The van der Waals surface area contributed by atoms with Crippen LogP contribution in [0.25, 0.3) is 11.0 Å². The van der Waals surface area contributed by atoms with Crippen molar-refractivity contribution in [1.29, 1.82) is 0 Å². The van der Waals surface area contributed by atoms with Crippen molar-refractivity contribution >= 4 is 11.0 Å². The highest BCUT2D eigenvalue weighted by molar-refractivity contribution is 5.77. The summed E-state index contributed by atoms with van der Waals surface area (Å²) in [5.41, 5.74) is 2.55. The van der Waals surface area contributed by atoms with E-state index in [2.05, 4.69) is 15.4 Å². The quantitative estimate of drug-likeness (QED) is 0.565. The largest absolute Gasteiger partial charge is 0.359 e. The van der Waals surface area contributed by atoms with Gasteiger partial charge in [-0.25, -0.2) is 0 Å². The maximum absolute atomic E-state index is 4.94. The lowest BCUT2D eigenvalue weighted by Crippen LogP contribution is -1.84. The molecule has 4 nitrogen and oxygen atoms in total. The van der Waals surface area contributed by atoms with Crippen molar-refractivity contribution in [2.45, 2.75) is 13.8 Å². The van der Waals surface area contributed by atoms with Crippen LogP contribution in [0.15, 0.2) is 10.7 Å². The van der Waals surface area contributed by atoms with E-state index in [9.17, 15) is 0 Å². The molecule has 0 spiro atoms. The lowest BCUT2D eigenvalue weighted by molar-refractivity contribution is 0.405. The highest BCUT2D eigenvalue weighted by atomic mass is 16.5. The van der Waals surface area contributed by atoms with Gasteiger partial charge in [0.15, 0.2) is 11.3 Å². The topological polar surface area (TPSA) is 51.8 Å². The van der Waals surface area contributed by atoms with Crippen LogP contribution in [0.1, 0.15) is 11.3 Å². The Kier molecular flexibility index (Phi) is 1.15. The Balaban J connectivity index is 2.94. The number of hydrogen-bond acceptors (Lipinski definition) is 4. The van der Waals surface area contributed by atoms with Crippen molar-refractivity contribution in [3.63, 3.8) is 0 Å². The van der Waals surface area contributed by atoms with Gasteiger partial charge in [0, 0.05) is 5.56 Å². The fraction of sp³-hybridized carbons (Fsp3) is 0.286. The second-order valence-corrected chi connectivity index (χ2v) is 2.46. The molecule has 0 saturated heterocycles. The fourth-order valence-electron chi connectivity index (χ4n) is 0.978. The van der Waals surface area contributed by atoms with E-state index in [1.54, 1.807) is 6.20 Å². The van der Waals surface area contributed by atoms with Crippen molar-refractivity contribution < 1.29 is 4.52 Å². The molecule has 2 aromatic rings. The van der Waals surface area contributed by atoms with Crippen LogP contribution >= 0.6 is 0 Å². The number of aryl methyl sites for hydroxylation is 2. The highest BCUT2D eigenvalue weighted by Crippen LogP contribution is 2.15. The van der Waals surface area contributed by atoms with Crippen molar-refractivity contribution in [3.8, 4) is 0 Å². The minimum atomic E-state index is 0.719. The molecular weight excluding hydrogens is 142 g/mol. The minimum Gasteiger partial charge on any atom is -0.359 e. The molecule has 0 aliphatic rings. The molecule has 11 heavy (non-hydrogen) atoms. The first-order valence-electron chi connectivity index (χ1n) is 3.33. The van der Waals surface area contributed by atoms with Crippen LogP contribution < -0.4 is 0 Å². The van der Waals surface area contributed by atoms with E-state index < -0.39 is 0 Å². The molecule has 2 rings (SSSR count). The third-order valence-corrected chi connectivity index (χ3v) is 1.61. The van der Waals surface area contributed by atoms with Crippen LogP contribution in [0.5, 0.6) is 0 Å². The first-order valence-corrected chi connectivity index (χ1v) is 3.33. The average Bonchev–Trinajstić information content (AvgIpc) is 2.35. The Morgan fingerprint density at radius 1 is 1.27 bits per heavy atom. The number of rotatable bonds is 0. The molecule has 0 fully saturated rings. The summed E-state index contributed by atoms with van der Waals surface area (Å²) >= 11 is 0. The molecular formula is C7H7N3O. The van der Waals surface area contributed by atoms with E-state index in [0.29, 0.717) is 0 Å². The van der Waals surface area contributed by atoms with Crippen LogP contribution in [-0.4, -0.2) is 15.4 Å². The lowest BCUT2D eigenvalue weighted by Gasteiger charge is -1.87. The summed E-state index contributed by atoms with van der Waals surface area (Å²) in [5.74, 6) is 0.719.